The van der Waals surface area contributed by atoms with Crippen molar-refractivity contribution in [2.45, 2.75) is 18.9 Å². The fourth-order valence-corrected chi connectivity index (χ4v) is 2.55. The smallest absolute Gasteiger partial charge is 0.244 e. The topological polar surface area (TPSA) is 76.7 Å². The van der Waals surface area contributed by atoms with E-state index in [1.54, 1.807) is 12.4 Å². The summed E-state index contributed by atoms with van der Waals surface area (Å²) in [5, 5.41) is 7.36. The molecule has 4 heterocycles. The molecule has 4 rings (SSSR count). The molecular formula is C18H15N5O. The molecule has 3 aromatic rings. The van der Waals surface area contributed by atoms with E-state index in [1.807, 2.05) is 30.3 Å². The van der Waals surface area contributed by atoms with Gasteiger partial charge in [-0.15, -0.1) is 0 Å². The second kappa shape index (κ2) is 6.60. The maximum atomic E-state index is 5.34. The van der Waals surface area contributed by atoms with E-state index in [0.717, 1.165) is 30.6 Å². The van der Waals surface area contributed by atoms with Gasteiger partial charge >= 0.3 is 0 Å². The van der Waals surface area contributed by atoms with Crippen LogP contribution in [0.3, 0.4) is 0 Å². The normalized spacial score (nSPS) is 16.6. The summed E-state index contributed by atoms with van der Waals surface area (Å²) in [5.41, 5.74) is 2.21. The molecule has 0 amide bonds. The zero-order valence-corrected chi connectivity index (χ0v) is 12.9. The van der Waals surface area contributed by atoms with Crippen LogP contribution in [0.5, 0.6) is 0 Å². The monoisotopic (exact) mass is 317 g/mol. The number of hydrogen-bond donors (Lipinski definition) is 1. The highest BCUT2D eigenvalue weighted by Gasteiger charge is 2.22. The Bertz CT molecular complexity index is 871. The average Bonchev–Trinajstić information content (AvgIpc) is 3.33. The van der Waals surface area contributed by atoms with Crippen molar-refractivity contribution in [3.63, 3.8) is 0 Å². The highest BCUT2D eigenvalue weighted by atomic mass is 16.5. The zero-order valence-electron chi connectivity index (χ0n) is 12.9. The minimum absolute atomic E-state index is 0.162. The van der Waals surface area contributed by atoms with Gasteiger partial charge in [-0.2, -0.15) is 4.98 Å². The summed E-state index contributed by atoms with van der Waals surface area (Å²) in [4.78, 5) is 13.0. The maximum Gasteiger partial charge on any atom is 0.244 e. The van der Waals surface area contributed by atoms with Crippen LogP contribution in [0.15, 0.2) is 47.2 Å². The van der Waals surface area contributed by atoms with Gasteiger partial charge in [0.1, 0.15) is 11.4 Å². The SMILES string of the molecule is C(#Cc1ccccn1)c1ccc(-c2noc([C@@H]3CCCN3)n2)nc1. The van der Waals surface area contributed by atoms with Crippen molar-refractivity contribution in [2.75, 3.05) is 6.54 Å². The van der Waals surface area contributed by atoms with Gasteiger partial charge in [-0.05, 0) is 49.6 Å². The largest absolute Gasteiger partial charge is 0.337 e. The fourth-order valence-electron chi connectivity index (χ4n) is 2.55. The highest BCUT2D eigenvalue weighted by Crippen LogP contribution is 2.23. The second-order valence-electron chi connectivity index (χ2n) is 5.50. The Morgan fingerprint density at radius 1 is 1.12 bits per heavy atom. The zero-order chi connectivity index (χ0) is 16.2. The molecule has 0 aliphatic carbocycles. The van der Waals surface area contributed by atoms with E-state index < -0.39 is 0 Å². The number of hydrogen-bond acceptors (Lipinski definition) is 6. The van der Waals surface area contributed by atoms with Crippen molar-refractivity contribution in [1.29, 1.82) is 0 Å². The lowest BCUT2D eigenvalue weighted by Gasteiger charge is -2.01. The van der Waals surface area contributed by atoms with Gasteiger partial charge in [-0.3, -0.25) is 4.98 Å². The Labute approximate surface area is 139 Å². The summed E-state index contributed by atoms with van der Waals surface area (Å²) in [5.74, 6) is 7.17. The minimum atomic E-state index is 0.162. The van der Waals surface area contributed by atoms with Crippen molar-refractivity contribution in [2.24, 2.45) is 0 Å². The predicted molar refractivity (Wildman–Crippen MR) is 87.7 cm³/mol. The van der Waals surface area contributed by atoms with Crippen molar-refractivity contribution in [3.8, 4) is 23.4 Å². The van der Waals surface area contributed by atoms with Gasteiger partial charge < -0.3 is 9.84 Å². The third-order valence-corrected chi connectivity index (χ3v) is 3.79. The number of nitrogens with one attached hydrogen (secondary N) is 1. The molecule has 0 radical (unpaired) electrons. The van der Waals surface area contributed by atoms with Crippen LogP contribution in [-0.2, 0) is 0 Å². The minimum Gasteiger partial charge on any atom is -0.337 e. The Balaban J connectivity index is 1.51. The third kappa shape index (κ3) is 3.16. The highest BCUT2D eigenvalue weighted by molar-refractivity contribution is 5.50. The first-order chi connectivity index (χ1) is 11.9. The molecule has 1 atom stereocenters. The third-order valence-electron chi connectivity index (χ3n) is 3.79. The van der Waals surface area contributed by atoms with E-state index in [2.05, 4.69) is 37.3 Å². The van der Waals surface area contributed by atoms with Gasteiger partial charge in [-0.25, -0.2) is 4.98 Å². The van der Waals surface area contributed by atoms with Gasteiger partial charge in [0.2, 0.25) is 11.7 Å². The van der Waals surface area contributed by atoms with Crippen LogP contribution < -0.4 is 5.32 Å². The average molecular weight is 317 g/mol. The first kappa shape index (κ1) is 14.5. The first-order valence-corrected chi connectivity index (χ1v) is 7.85. The molecule has 118 valence electrons. The van der Waals surface area contributed by atoms with E-state index in [9.17, 15) is 0 Å². The summed E-state index contributed by atoms with van der Waals surface area (Å²) >= 11 is 0. The summed E-state index contributed by atoms with van der Waals surface area (Å²) in [6.07, 6.45) is 5.58. The molecule has 24 heavy (non-hydrogen) atoms. The van der Waals surface area contributed by atoms with Crippen molar-refractivity contribution < 1.29 is 4.52 Å². The Morgan fingerprint density at radius 2 is 2.12 bits per heavy atom. The van der Waals surface area contributed by atoms with Crippen LogP contribution in [0, 0.1) is 11.8 Å². The molecule has 1 saturated heterocycles. The molecule has 6 nitrogen and oxygen atoms in total. The van der Waals surface area contributed by atoms with Crippen LogP contribution in [-0.4, -0.2) is 26.7 Å². The molecule has 1 aliphatic rings. The van der Waals surface area contributed by atoms with Crippen LogP contribution in [0.1, 0.15) is 36.0 Å². The van der Waals surface area contributed by atoms with E-state index in [1.165, 1.54) is 0 Å². The lowest BCUT2D eigenvalue weighted by Crippen LogP contribution is -2.12. The second-order valence-corrected chi connectivity index (χ2v) is 5.50. The molecule has 0 bridgehead atoms. The molecule has 1 aliphatic heterocycles. The van der Waals surface area contributed by atoms with E-state index in [-0.39, 0.29) is 6.04 Å². The van der Waals surface area contributed by atoms with Gasteiger partial charge in [0.25, 0.3) is 0 Å². The first-order valence-electron chi connectivity index (χ1n) is 7.85. The predicted octanol–water partition coefficient (Wildman–Crippen LogP) is 2.35. The van der Waals surface area contributed by atoms with E-state index in [4.69, 9.17) is 4.52 Å². The van der Waals surface area contributed by atoms with E-state index >= 15 is 0 Å². The number of nitrogens with zero attached hydrogens (tertiary/aromatic N) is 4. The summed E-state index contributed by atoms with van der Waals surface area (Å²) in [6, 6.07) is 9.54. The fraction of sp³-hybridized carbons (Fsp3) is 0.222. The Morgan fingerprint density at radius 3 is 2.88 bits per heavy atom. The van der Waals surface area contributed by atoms with Gasteiger partial charge in [0.15, 0.2) is 0 Å². The van der Waals surface area contributed by atoms with Crippen molar-refractivity contribution in [3.05, 3.63) is 59.9 Å². The molecule has 0 saturated carbocycles. The quantitative estimate of drug-likeness (QED) is 0.731. The molecule has 0 unspecified atom stereocenters. The van der Waals surface area contributed by atoms with Gasteiger partial charge in [0, 0.05) is 18.0 Å². The van der Waals surface area contributed by atoms with Gasteiger partial charge in [-0.1, -0.05) is 17.1 Å². The molecule has 1 fully saturated rings. The summed E-state index contributed by atoms with van der Waals surface area (Å²) < 4.78 is 5.34. The molecule has 3 aromatic heterocycles. The number of rotatable bonds is 2. The lowest BCUT2D eigenvalue weighted by atomic mass is 10.2. The Kier molecular flexibility index (Phi) is 4.00. The molecular weight excluding hydrogens is 302 g/mol. The van der Waals surface area contributed by atoms with Crippen LogP contribution in [0.4, 0.5) is 0 Å². The van der Waals surface area contributed by atoms with Crippen molar-refractivity contribution >= 4 is 0 Å². The van der Waals surface area contributed by atoms with E-state index in [0.29, 0.717) is 17.4 Å². The molecule has 0 aromatic carbocycles. The molecule has 0 spiro atoms. The Hall–Kier alpha value is -3.04. The van der Waals surface area contributed by atoms with Crippen molar-refractivity contribution in [1.82, 2.24) is 25.4 Å². The van der Waals surface area contributed by atoms with Gasteiger partial charge in [0.05, 0.1) is 6.04 Å². The summed E-state index contributed by atoms with van der Waals surface area (Å²) in [6.45, 7) is 0.990. The summed E-state index contributed by atoms with van der Waals surface area (Å²) in [7, 11) is 0. The van der Waals surface area contributed by atoms with Crippen LogP contribution in [0.25, 0.3) is 11.5 Å². The lowest BCUT2D eigenvalue weighted by molar-refractivity contribution is 0.345. The standard InChI is InChI=1S/C18H15N5O/c1-2-10-19-14(4-1)8-6-13-7-9-15(21-12-13)17-22-18(24-23-17)16-5-3-11-20-16/h1-2,4,7,9-10,12,16,20H,3,5,11H2/t16-/m0/s1. The number of pyridine rings is 2. The van der Waals surface area contributed by atoms with Crippen LogP contribution >= 0.6 is 0 Å². The van der Waals surface area contributed by atoms with Crippen LogP contribution in [0.2, 0.25) is 0 Å². The molecule has 6 heteroatoms. The maximum absolute atomic E-state index is 5.34. The number of aromatic nitrogens is 4. The molecule has 1 N–H and O–H groups in total.